The van der Waals surface area contributed by atoms with Gasteiger partial charge in [0.25, 0.3) is 0 Å². The molecule has 0 aliphatic rings. The van der Waals surface area contributed by atoms with Crippen LogP contribution in [0.5, 0.6) is 5.75 Å². The van der Waals surface area contributed by atoms with E-state index in [1.807, 2.05) is 0 Å². The molecule has 1 unspecified atom stereocenters. The van der Waals surface area contributed by atoms with Crippen molar-refractivity contribution < 1.29 is 19.7 Å². The van der Waals surface area contributed by atoms with Gasteiger partial charge in [0.05, 0.1) is 24.1 Å². The molecule has 0 aliphatic heterocycles. The van der Waals surface area contributed by atoms with Crippen LogP contribution in [0.15, 0.2) is 22.7 Å². The van der Waals surface area contributed by atoms with Crippen molar-refractivity contribution in [3.8, 4) is 5.75 Å². The fourth-order valence-corrected chi connectivity index (χ4v) is 1.58. The minimum Gasteiger partial charge on any atom is -0.496 e. The van der Waals surface area contributed by atoms with Crippen molar-refractivity contribution in [2.75, 3.05) is 7.11 Å². The molecule has 0 fully saturated rings. The van der Waals surface area contributed by atoms with Gasteiger partial charge in [-0.2, -0.15) is 0 Å². The molecule has 0 amide bonds. The van der Waals surface area contributed by atoms with Crippen molar-refractivity contribution in [3.63, 3.8) is 0 Å². The van der Waals surface area contributed by atoms with E-state index in [9.17, 15) is 9.90 Å². The number of aliphatic hydroxyl groups is 1. The van der Waals surface area contributed by atoms with Crippen LogP contribution >= 0.6 is 15.9 Å². The molecule has 0 saturated heterocycles. The van der Waals surface area contributed by atoms with Crippen LogP contribution in [0.3, 0.4) is 0 Å². The topological polar surface area (TPSA) is 66.8 Å². The second-order valence-corrected chi connectivity index (χ2v) is 3.86. The van der Waals surface area contributed by atoms with Crippen molar-refractivity contribution in [1.29, 1.82) is 0 Å². The minimum atomic E-state index is -1.04. The summed E-state index contributed by atoms with van der Waals surface area (Å²) in [5.74, 6) is -0.471. The maximum Gasteiger partial charge on any atom is 0.306 e. The molecule has 0 heterocycles. The molecule has 1 aromatic rings. The zero-order chi connectivity index (χ0) is 11.4. The summed E-state index contributed by atoms with van der Waals surface area (Å²) in [7, 11) is 1.51. The summed E-state index contributed by atoms with van der Waals surface area (Å²) in [5.41, 5.74) is 0.525. The Kier molecular flexibility index (Phi) is 4.11. The summed E-state index contributed by atoms with van der Waals surface area (Å²) < 4.78 is 5.80. The van der Waals surface area contributed by atoms with Gasteiger partial charge in [-0.3, -0.25) is 4.79 Å². The number of rotatable bonds is 4. The Morgan fingerprint density at radius 2 is 2.27 bits per heavy atom. The van der Waals surface area contributed by atoms with Crippen LogP contribution < -0.4 is 4.74 Å². The number of benzene rings is 1. The first-order valence-electron chi connectivity index (χ1n) is 4.28. The van der Waals surface area contributed by atoms with E-state index in [2.05, 4.69) is 15.9 Å². The van der Waals surface area contributed by atoms with Crippen LogP contribution in [0, 0.1) is 0 Å². The Hall–Kier alpha value is -1.07. The SMILES string of the molecule is COc1cc(C(O)CC(=O)O)ccc1Br. The lowest BCUT2D eigenvalue weighted by Crippen LogP contribution is -2.05. The lowest BCUT2D eigenvalue weighted by molar-refractivity contribution is -0.139. The lowest BCUT2D eigenvalue weighted by Gasteiger charge is -2.10. The van der Waals surface area contributed by atoms with E-state index in [0.29, 0.717) is 11.3 Å². The normalized spacial score (nSPS) is 12.2. The average Bonchev–Trinajstić information content (AvgIpc) is 2.17. The highest BCUT2D eigenvalue weighted by Gasteiger charge is 2.13. The van der Waals surface area contributed by atoms with E-state index >= 15 is 0 Å². The first kappa shape index (κ1) is 12.0. The molecule has 4 nitrogen and oxygen atoms in total. The Balaban J connectivity index is 2.90. The number of hydrogen-bond acceptors (Lipinski definition) is 3. The Morgan fingerprint density at radius 3 is 2.80 bits per heavy atom. The number of methoxy groups -OCH3 is 1. The van der Waals surface area contributed by atoms with E-state index in [0.717, 1.165) is 4.47 Å². The van der Waals surface area contributed by atoms with E-state index in [-0.39, 0.29) is 6.42 Å². The van der Waals surface area contributed by atoms with E-state index < -0.39 is 12.1 Å². The molecule has 5 heteroatoms. The summed E-state index contributed by atoms with van der Waals surface area (Å²) in [6.07, 6.45) is -1.32. The number of aliphatic carboxylic acids is 1. The largest absolute Gasteiger partial charge is 0.496 e. The van der Waals surface area contributed by atoms with Crippen LogP contribution in [0.1, 0.15) is 18.1 Å². The van der Waals surface area contributed by atoms with Gasteiger partial charge >= 0.3 is 5.97 Å². The monoisotopic (exact) mass is 274 g/mol. The molecule has 15 heavy (non-hydrogen) atoms. The maximum atomic E-state index is 10.4. The summed E-state index contributed by atoms with van der Waals surface area (Å²) in [4.78, 5) is 10.4. The van der Waals surface area contributed by atoms with Crippen molar-refractivity contribution in [2.24, 2.45) is 0 Å². The predicted molar refractivity (Wildman–Crippen MR) is 57.9 cm³/mol. The highest BCUT2D eigenvalue weighted by molar-refractivity contribution is 9.10. The van der Waals surface area contributed by atoms with Crippen LogP contribution in [0.4, 0.5) is 0 Å². The Morgan fingerprint density at radius 1 is 1.60 bits per heavy atom. The molecular formula is C10H11BrO4. The number of halogens is 1. The van der Waals surface area contributed by atoms with E-state index in [4.69, 9.17) is 9.84 Å². The third-order valence-corrected chi connectivity index (χ3v) is 2.58. The Labute approximate surface area is 95.6 Å². The molecule has 1 rings (SSSR count). The van der Waals surface area contributed by atoms with Gasteiger partial charge in [0.2, 0.25) is 0 Å². The summed E-state index contributed by atoms with van der Waals surface area (Å²) >= 11 is 3.27. The van der Waals surface area contributed by atoms with Crippen LogP contribution in [-0.2, 0) is 4.79 Å². The number of carboxylic acid groups (broad SMARTS) is 1. The molecule has 1 aromatic carbocycles. The molecule has 0 spiro atoms. The lowest BCUT2D eigenvalue weighted by atomic mass is 10.1. The van der Waals surface area contributed by atoms with Gasteiger partial charge in [0.1, 0.15) is 5.75 Å². The smallest absolute Gasteiger partial charge is 0.306 e. The fraction of sp³-hybridized carbons (Fsp3) is 0.300. The molecule has 82 valence electrons. The quantitative estimate of drug-likeness (QED) is 0.881. The number of hydrogen-bond donors (Lipinski definition) is 2. The van der Waals surface area contributed by atoms with Crippen LogP contribution in [-0.4, -0.2) is 23.3 Å². The first-order valence-corrected chi connectivity index (χ1v) is 5.07. The third kappa shape index (κ3) is 3.21. The predicted octanol–water partition coefficient (Wildman–Crippen LogP) is 1.97. The second-order valence-electron chi connectivity index (χ2n) is 3.01. The van der Waals surface area contributed by atoms with Gasteiger partial charge in [-0.1, -0.05) is 6.07 Å². The van der Waals surface area contributed by atoms with Gasteiger partial charge in [-0.15, -0.1) is 0 Å². The van der Waals surface area contributed by atoms with Crippen LogP contribution in [0.2, 0.25) is 0 Å². The van der Waals surface area contributed by atoms with Gasteiger partial charge in [0, 0.05) is 0 Å². The van der Waals surface area contributed by atoms with E-state index in [1.165, 1.54) is 7.11 Å². The van der Waals surface area contributed by atoms with Gasteiger partial charge in [0.15, 0.2) is 0 Å². The Bertz CT molecular complexity index is 364. The van der Waals surface area contributed by atoms with Gasteiger partial charge in [-0.05, 0) is 33.6 Å². The second kappa shape index (κ2) is 5.14. The fourth-order valence-electron chi connectivity index (χ4n) is 1.17. The van der Waals surface area contributed by atoms with Crippen molar-refractivity contribution in [3.05, 3.63) is 28.2 Å². The van der Waals surface area contributed by atoms with Gasteiger partial charge in [-0.25, -0.2) is 0 Å². The first-order chi connectivity index (χ1) is 7.04. The average molecular weight is 275 g/mol. The van der Waals surface area contributed by atoms with Crippen molar-refractivity contribution >= 4 is 21.9 Å². The van der Waals surface area contributed by atoms with Crippen molar-refractivity contribution in [2.45, 2.75) is 12.5 Å². The third-order valence-electron chi connectivity index (χ3n) is 1.93. The number of ether oxygens (including phenoxy) is 1. The molecular weight excluding hydrogens is 264 g/mol. The molecule has 0 bridgehead atoms. The maximum absolute atomic E-state index is 10.4. The standard InChI is InChI=1S/C10H11BrO4/c1-15-9-4-6(2-3-7(9)11)8(12)5-10(13)14/h2-4,8,12H,5H2,1H3,(H,13,14). The molecule has 1 atom stereocenters. The highest BCUT2D eigenvalue weighted by atomic mass is 79.9. The summed E-state index contributed by atoms with van der Waals surface area (Å²) in [6, 6.07) is 4.97. The zero-order valence-electron chi connectivity index (χ0n) is 8.11. The number of carbonyl (C=O) groups is 1. The van der Waals surface area contributed by atoms with E-state index in [1.54, 1.807) is 18.2 Å². The highest BCUT2D eigenvalue weighted by Crippen LogP contribution is 2.29. The van der Waals surface area contributed by atoms with Crippen LogP contribution in [0.25, 0.3) is 0 Å². The molecule has 0 saturated carbocycles. The molecule has 0 aromatic heterocycles. The summed E-state index contributed by atoms with van der Waals surface area (Å²) in [5, 5.41) is 18.1. The number of carboxylic acids is 1. The van der Waals surface area contributed by atoms with Gasteiger partial charge < -0.3 is 14.9 Å². The zero-order valence-corrected chi connectivity index (χ0v) is 9.69. The number of aliphatic hydroxyl groups excluding tert-OH is 1. The summed E-state index contributed by atoms with van der Waals surface area (Å²) in [6.45, 7) is 0. The molecule has 0 radical (unpaired) electrons. The van der Waals surface area contributed by atoms with Crippen molar-refractivity contribution in [1.82, 2.24) is 0 Å². The molecule has 0 aliphatic carbocycles. The minimum absolute atomic E-state index is 0.315. The molecule has 2 N–H and O–H groups in total.